The first-order valence-corrected chi connectivity index (χ1v) is 5.47. The van der Waals surface area contributed by atoms with E-state index in [0.717, 1.165) is 17.0 Å². The van der Waals surface area contributed by atoms with Crippen molar-refractivity contribution in [1.82, 2.24) is 9.97 Å². The van der Waals surface area contributed by atoms with E-state index in [1.165, 1.54) is 0 Å². The second-order valence-electron chi connectivity index (χ2n) is 3.82. The van der Waals surface area contributed by atoms with Crippen LogP contribution in [-0.4, -0.2) is 24.2 Å². The van der Waals surface area contributed by atoms with Crippen LogP contribution in [0.25, 0.3) is 11.4 Å². The molecule has 0 saturated heterocycles. The molecule has 0 bridgehead atoms. The van der Waals surface area contributed by atoms with Gasteiger partial charge in [-0.25, -0.2) is 9.97 Å². The van der Waals surface area contributed by atoms with Crippen molar-refractivity contribution in [2.45, 2.75) is 6.92 Å². The molecule has 94 valence electrons. The molecule has 2 N–H and O–H groups in total. The number of nitrogens with zero attached hydrogens (tertiary/aromatic N) is 2. The molecule has 0 spiro atoms. The molecular formula is C13H15N3O2. The van der Waals surface area contributed by atoms with E-state index in [1.54, 1.807) is 26.4 Å². The zero-order valence-corrected chi connectivity index (χ0v) is 10.6. The zero-order valence-electron chi connectivity index (χ0n) is 10.6. The van der Waals surface area contributed by atoms with Gasteiger partial charge in [0.1, 0.15) is 17.3 Å². The molecule has 0 aliphatic carbocycles. The normalized spacial score (nSPS) is 10.2. The van der Waals surface area contributed by atoms with Gasteiger partial charge in [0, 0.05) is 17.8 Å². The van der Waals surface area contributed by atoms with Gasteiger partial charge in [0.15, 0.2) is 5.82 Å². The largest absolute Gasteiger partial charge is 0.497 e. The first-order valence-electron chi connectivity index (χ1n) is 5.47. The van der Waals surface area contributed by atoms with E-state index in [0.29, 0.717) is 17.4 Å². The predicted molar refractivity (Wildman–Crippen MR) is 69.7 cm³/mol. The fourth-order valence-corrected chi connectivity index (χ4v) is 1.70. The van der Waals surface area contributed by atoms with Crippen LogP contribution < -0.4 is 15.2 Å². The Morgan fingerprint density at radius 1 is 1.06 bits per heavy atom. The lowest BCUT2D eigenvalue weighted by Crippen LogP contribution is -1.99. The Kier molecular flexibility index (Phi) is 3.32. The molecule has 0 saturated carbocycles. The molecule has 5 heteroatoms. The number of aryl methyl sites for hydroxylation is 1. The predicted octanol–water partition coefficient (Wildman–Crippen LogP) is 2.05. The highest BCUT2D eigenvalue weighted by molar-refractivity contribution is 5.66. The number of nitrogens with two attached hydrogens (primary N) is 1. The lowest BCUT2D eigenvalue weighted by atomic mass is 10.1. The first-order chi connectivity index (χ1) is 8.63. The summed E-state index contributed by atoms with van der Waals surface area (Å²) < 4.78 is 10.5. The number of methoxy groups -OCH3 is 2. The first kappa shape index (κ1) is 12.2. The molecule has 5 nitrogen and oxygen atoms in total. The third-order valence-electron chi connectivity index (χ3n) is 2.52. The summed E-state index contributed by atoms with van der Waals surface area (Å²) >= 11 is 0. The lowest BCUT2D eigenvalue weighted by Gasteiger charge is -2.10. The van der Waals surface area contributed by atoms with Crippen molar-refractivity contribution in [3.8, 4) is 22.9 Å². The van der Waals surface area contributed by atoms with Gasteiger partial charge >= 0.3 is 0 Å². The zero-order chi connectivity index (χ0) is 13.1. The van der Waals surface area contributed by atoms with Gasteiger partial charge in [0.05, 0.1) is 19.8 Å². The summed E-state index contributed by atoms with van der Waals surface area (Å²) in [6.45, 7) is 1.87. The van der Waals surface area contributed by atoms with E-state index in [1.807, 2.05) is 19.1 Å². The van der Waals surface area contributed by atoms with Crippen molar-refractivity contribution < 1.29 is 9.47 Å². The van der Waals surface area contributed by atoms with Crippen molar-refractivity contribution in [1.29, 1.82) is 0 Å². The number of anilines is 1. The van der Waals surface area contributed by atoms with Gasteiger partial charge in [-0.15, -0.1) is 0 Å². The van der Waals surface area contributed by atoms with E-state index >= 15 is 0 Å². The fraction of sp³-hybridized carbons (Fsp3) is 0.231. The minimum absolute atomic E-state index is 0.440. The van der Waals surface area contributed by atoms with Crippen molar-refractivity contribution in [2.24, 2.45) is 0 Å². The Balaban J connectivity index is 2.55. The maximum absolute atomic E-state index is 5.73. The van der Waals surface area contributed by atoms with Crippen molar-refractivity contribution in [3.05, 3.63) is 30.0 Å². The number of ether oxygens (including phenoxy) is 2. The molecule has 2 aromatic rings. The van der Waals surface area contributed by atoms with Gasteiger partial charge in [0.25, 0.3) is 0 Å². The molecular weight excluding hydrogens is 230 g/mol. The Morgan fingerprint density at radius 2 is 1.83 bits per heavy atom. The molecule has 0 radical (unpaired) electrons. The van der Waals surface area contributed by atoms with Crippen molar-refractivity contribution in [3.63, 3.8) is 0 Å². The number of rotatable bonds is 3. The van der Waals surface area contributed by atoms with Crippen LogP contribution in [0.1, 0.15) is 5.69 Å². The highest BCUT2D eigenvalue weighted by atomic mass is 16.5. The Labute approximate surface area is 106 Å². The van der Waals surface area contributed by atoms with Gasteiger partial charge in [-0.1, -0.05) is 0 Å². The smallest absolute Gasteiger partial charge is 0.165 e. The molecule has 1 aromatic carbocycles. The van der Waals surface area contributed by atoms with Crippen LogP contribution in [0.2, 0.25) is 0 Å². The van der Waals surface area contributed by atoms with Gasteiger partial charge in [-0.05, 0) is 19.1 Å². The second kappa shape index (κ2) is 4.91. The molecule has 18 heavy (non-hydrogen) atoms. The molecule has 0 atom stereocenters. The third-order valence-corrected chi connectivity index (χ3v) is 2.52. The Morgan fingerprint density at radius 3 is 2.44 bits per heavy atom. The maximum Gasteiger partial charge on any atom is 0.165 e. The topological polar surface area (TPSA) is 70.3 Å². The fourth-order valence-electron chi connectivity index (χ4n) is 1.70. The number of nitrogen functional groups attached to an aromatic ring is 1. The summed E-state index contributed by atoms with van der Waals surface area (Å²) in [4.78, 5) is 8.57. The van der Waals surface area contributed by atoms with Gasteiger partial charge in [-0.2, -0.15) is 0 Å². The standard InChI is InChI=1S/C13H15N3O2/c1-8-6-12(14)16-13(15-8)10-5-4-9(17-2)7-11(10)18-3/h4-7H,1-3H3,(H2,14,15,16). The molecule has 1 heterocycles. The van der Waals surface area contributed by atoms with E-state index < -0.39 is 0 Å². The van der Waals surface area contributed by atoms with Crippen LogP contribution in [0, 0.1) is 6.92 Å². The Hall–Kier alpha value is -2.30. The summed E-state index contributed by atoms with van der Waals surface area (Å²) in [5.74, 6) is 2.36. The monoisotopic (exact) mass is 245 g/mol. The van der Waals surface area contributed by atoms with Crippen LogP contribution in [0.4, 0.5) is 5.82 Å². The Bertz CT molecular complexity index is 550. The van der Waals surface area contributed by atoms with Gasteiger partial charge < -0.3 is 15.2 Å². The molecule has 0 aliphatic heterocycles. The lowest BCUT2D eigenvalue weighted by molar-refractivity contribution is 0.395. The van der Waals surface area contributed by atoms with Crippen molar-refractivity contribution >= 4 is 5.82 Å². The average Bonchev–Trinajstić information content (AvgIpc) is 2.36. The van der Waals surface area contributed by atoms with Crippen molar-refractivity contribution in [2.75, 3.05) is 20.0 Å². The summed E-state index contributed by atoms with van der Waals surface area (Å²) in [5.41, 5.74) is 7.33. The third kappa shape index (κ3) is 2.34. The minimum Gasteiger partial charge on any atom is -0.497 e. The number of hydrogen-bond acceptors (Lipinski definition) is 5. The minimum atomic E-state index is 0.440. The summed E-state index contributed by atoms with van der Waals surface area (Å²) in [6.07, 6.45) is 0. The van der Waals surface area contributed by atoms with Crippen LogP contribution >= 0.6 is 0 Å². The highest BCUT2D eigenvalue weighted by Crippen LogP contribution is 2.31. The number of benzene rings is 1. The molecule has 0 amide bonds. The number of aromatic nitrogens is 2. The van der Waals surface area contributed by atoms with E-state index in [9.17, 15) is 0 Å². The van der Waals surface area contributed by atoms with Crippen LogP contribution in [-0.2, 0) is 0 Å². The van der Waals surface area contributed by atoms with E-state index in [4.69, 9.17) is 15.2 Å². The maximum atomic E-state index is 5.73. The molecule has 0 aliphatic rings. The molecule has 0 fully saturated rings. The summed E-state index contributed by atoms with van der Waals surface area (Å²) in [6, 6.07) is 7.20. The number of hydrogen-bond donors (Lipinski definition) is 1. The SMILES string of the molecule is COc1ccc(-c2nc(C)cc(N)n2)c(OC)c1. The van der Waals surface area contributed by atoms with Crippen LogP contribution in [0.3, 0.4) is 0 Å². The van der Waals surface area contributed by atoms with Gasteiger partial charge in [-0.3, -0.25) is 0 Å². The van der Waals surface area contributed by atoms with E-state index in [-0.39, 0.29) is 0 Å². The average molecular weight is 245 g/mol. The van der Waals surface area contributed by atoms with Crippen LogP contribution in [0.15, 0.2) is 24.3 Å². The summed E-state index contributed by atoms with van der Waals surface area (Å²) in [7, 11) is 3.20. The molecule has 1 aromatic heterocycles. The molecule has 0 unspecified atom stereocenters. The quantitative estimate of drug-likeness (QED) is 0.896. The van der Waals surface area contributed by atoms with E-state index in [2.05, 4.69) is 9.97 Å². The molecule has 2 rings (SSSR count). The highest BCUT2D eigenvalue weighted by Gasteiger charge is 2.11. The van der Waals surface area contributed by atoms with Gasteiger partial charge in [0.2, 0.25) is 0 Å². The second-order valence-corrected chi connectivity index (χ2v) is 3.82. The van der Waals surface area contributed by atoms with Crippen LogP contribution in [0.5, 0.6) is 11.5 Å². The summed E-state index contributed by atoms with van der Waals surface area (Å²) in [5, 5.41) is 0.